The van der Waals surface area contributed by atoms with E-state index in [0.29, 0.717) is 16.0 Å². The van der Waals surface area contributed by atoms with E-state index >= 15 is 0 Å². The fraction of sp³-hybridized carbons (Fsp3) is 0.0909. The molecule has 0 saturated heterocycles. The van der Waals surface area contributed by atoms with E-state index in [9.17, 15) is 0 Å². The molecule has 0 fully saturated rings. The summed E-state index contributed by atoms with van der Waals surface area (Å²) < 4.78 is 0. The predicted molar refractivity (Wildman–Crippen MR) is 66.5 cm³/mol. The highest BCUT2D eigenvalue weighted by molar-refractivity contribution is 6.33. The van der Waals surface area contributed by atoms with E-state index in [4.69, 9.17) is 23.2 Å². The second kappa shape index (κ2) is 4.68. The van der Waals surface area contributed by atoms with E-state index in [1.54, 1.807) is 12.1 Å². The van der Waals surface area contributed by atoms with Crippen LogP contribution in [-0.4, -0.2) is 10.2 Å². The van der Waals surface area contributed by atoms with E-state index in [1.165, 1.54) is 0 Å². The van der Waals surface area contributed by atoms with Gasteiger partial charge in [-0.15, -0.1) is 10.2 Å². The first kappa shape index (κ1) is 11.2. The smallest absolute Gasteiger partial charge is 0.153 e. The third-order valence-electron chi connectivity index (χ3n) is 2.11. The minimum absolute atomic E-state index is 0.362. The Kier molecular flexibility index (Phi) is 3.27. The molecule has 0 radical (unpaired) electrons. The van der Waals surface area contributed by atoms with Crippen LogP contribution in [0.4, 0.5) is 11.5 Å². The molecule has 2 rings (SSSR count). The molecule has 0 spiro atoms. The van der Waals surface area contributed by atoms with E-state index in [0.717, 1.165) is 11.3 Å². The Hall–Kier alpha value is -1.32. The highest BCUT2D eigenvalue weighted by Gasteiger charge is 2.04. The molecular formula is C11H9Cl2N3. The molecule has 0 bridgehead atoms. The van der Waals surface area contributed by atoms with Crippen LogP contribution in [0.25, 0.3) is 0 Å². The largest absolute Gasteiger partial charge is 0.337 e. The van der Waals surface area contributed by atoms with Crippen LogP contribution in [0.15, 0.2) is 30.3 Å². The van der Waals surface area contributed by atoms with E-state index in [-0.39, 0.29) is 0 Å². The second-order valence-corrected chi connectivity index (χ2v) is 4.09. The van der Waals surface area contributed by atoms with Crippen molar-refractivity contribution in [2.75, 3.05) is 5.32 Å². The number of halogens is 2. The Morgan fingerprint density at radius 2 is 1.88 bits per heavy atom. The molecule has 16 heavy (non-hydrogen) atoms. The Morgan fingerprint density at radius 1 is 1.06 bits per heavy atom. The van der Waals surface area contributed by atoms with E-state index < -0.39 is 0 Å². The summed E-state index contributed by atoms with van der Waals surface area (Å²) in [5.74, 6) is 0.612. The number of hydrogen-bond acceptors (Lipinski definition) is 3. The quantitative estimate of drug-likeness (QED) is 0.884. The average molecular weight is 254 g/mol. The van der Waals surface area contributed by atoms with Crippen LogP contribution in [0.2, 0.25) is 10.2 Å². The molecule has 0 atom stereocenters. The van der Waals surface area contributed by atoms with Gasteiger partial charge in [-0.2, -0.15) is 0 Å². The van der Waals surface area contributed by atoms with Crippen molar-refractivity contribution < 1.29 is 0 Å². The van der Waals surface area contributed by atoms with E-state index in [1.807, 2.05) is 25.1 Å². The van der Waals surface area contributed by atoms with Gasteiger partial charge in [-0.25, -0.2) is 0 Å². The van der Waals surface area contributed by atoms with Gasteiger partial charge < -0.3 is 5.32 Å². The maximum absolute atomic E-state index is 6.07. The standard InChI is InChI=1S/C11H9Cl2N3/c1-7-3-2-4-8(12)11(7)14-10-6-5-9(13)15-16-10/h2-6H,1H3,(H,14,16). The van der Waals surface area contributed by atoms with Gasteiger partial charge in [0.2, 0.25) is 0 Å². The molecule has 82 valence electrons. The van der Waals surface area contributed by atoms with Gasteiger partial charge in [-0.05, 0) is 30.7 Å². The first-order valence-electron chi connectivity index (χ1n) is 4.68. The number of nitrogens with zero attached hydrogens (tertiary/aromatic N) is 2. The number of nitrogens with one attached hydrogen (secondary N) is 1. The lowest BCUT2D eigenvalue weighted by molar-refractivity contribution is 1.04. The number of para-hydroxylation sites is 1. The van der Waals surface area contributed by atoms with Crippen LogP contribution in [0, 0.1) is 6.92 Å². The molecule has 2 aromatic rings. The van der Waals surface area contributed by atoms with Crippen molar-refractivity contribution in [1.29, 1.82) is 0 Å². The van der Waals surface area contributed by atoms with Crippen LogP contribution in [0.1, 0.15) is 5.56 Å². The third kappa shape index (κ3) is 2.43. The fourth-order valence-electron chi connectivity index (χ4n) is 1.30. The third-order valence-corrected chi connectivity index (χ3v) is 2.62. The number of aromatic nitrogens is 2. The summed E-state index contributed by atoms with van der Waals surface area (Å²) in [4.78, 5) is 0. The van der Waals surface area contributed by atoms with Crippen molar-refractivity contribution >= 4 is 34.7 Å². The van der Waals surface area contributed by atoms with Crippen LogP contribution >= 0.6 is 23.2 Å². The molecule has 1 heterocycles. The maximum atomic E-state index is 6.07. The Bertz CT molecular complexity index is 477. The monoisotopic (exact) mass is 253 g/mol. The number of anilines is 2. The molecule has 0 aliphatic heterocycles. The summed E-state index contributed by atoms with van der Waals surface area (Å²) in [6.45, 7) is 1.97. The maximum Gasteiger partial charge on any atom is 0.153 e. The minimum atomic E-state index is 0.362. The van der Waals surface area contributed by atoms with Gasteiger partial charge in [-0.3, -0.25) is 0 Å². The zero-order valence-corrected chi connectivity index (χ0v) is 10.0. The summed E-state index contributed by atoms with van der Waals surface area (Å²) in [6.07, 6.45) is 0. The van der Waals surface area contributed by atoms with Gasteiger partial charge in [-0.1, -0.05) is 35.3 Å². The van der Waals surface area contributed by atoms with Gasteiger partial charge in [0.05, 0.1) is 10.7 Å². The number of aryl methyl sites for hydroxylation is 1. The summed E-state index contributed by atoms with van der Waals surface area (Å²) in [6, 6.07) is 9.11. The zero-order chi connectivity index (χ0) is 11.5. The van der Waals surface area contributed by atoms with Crippen molar-refractivity contribution in [3.63, 3.8) is 0 Å². The SMILES string of the molecule is Cc1cccc(Cl)c1Nc1ccc(Cl)nn1. The van der Waals surface area contributed by atoms with Gasteiger partial charge in [0.25, 0.3) is 0 Å². The van der Waals surface area contributed by atoms with Crippen molar-refractivity contribution in [3.8, 4) is 0 Å². The van der Waals surface area contributed by atoms with Crippen LogP contribution in [0.5, 0.6) is 0 Å². The van der Waals surface area contributed by atoms with Crippen molar-refractivity contribution in [2.24, 2.45) is 0 Å². The average Bonchev–Trinajstić information content (AvgIpc) is 2.26. The van der Waals surface area contributed by atoms with Gasteiger partial charge >= 0.3 is 0 Å². The van der Waals surface area contributed by atoms with Crippen LogP contribution in [0.3, 0.4) is 0 Å². The molecule has 0 saturated carbocycles. The van der Waals surface area contributed by atoms with E-state index in [2.05, 4.69) is 15.5 Å². The molecule has 3 nitrogen and oxygen atoms in total. The Morgan fingerprint density at radius 3 is 2.50 bits per heavy atom. The number of benzene rings is 1. The molecule has 0 aliphatic rings. The first-order chi connectivity index (χ1) is 7.66. The highest BCUT2D eigenvalue weighted by atomic mass is 35.5. The molecule has 0 amide bonds. The molecule has 1 N–H and O–H groups in total. The molecule has 1 aromatic carbocycles. The topological polar surface area (TPSA) is 37.8 Å². The molecule has 0 aliphatic carbocycles. The Balaban J connectivity index is 2.30. The second-order valence-electron chi connectivity index (χ2n) is 3.30. The minimum Gasteiger partial charge on any atom is -0.337 e. The lowest BCUT2D eigenvalue weighted by Crippen LogP contribution is -1.97. The fourth-order valence-corrected chi connectivity index (χ4v) is 1.67. The zero-order valence-electron chi connectivity index (χ0n) is 8.54. The molecule has 5 heteroatoms. The lowest BCUT2D eigenvalue weighted by Gasteiger charge is -2.09. The normalized spacial score (nSPS) is 10.2. The summed E-state index contributed by atoms with van der Waals surface area (Å²) >= 11 is 11.7. The van der Waals surface area contributed by atoms with Crippen molar-refractivity contribution in [1.82, 2.24) is 10.2 Å². The Labute approximate surface area is 103 Å². The van der Waals surface area contributed by atoms with Crippen molar-refractivity contribution in [2.45, 2.75) is 6.92 Å². The molecular weight excluding hydrogens is 245 g/mol. The van der Waals surface area contributed by atoms with Gasteiger partial charge in [0, 0.05) is 0 Å². The predicted octanol–water partition coefficient (Wildman–Crippen LogP) is 3.84. The summed E-state index contributed by atoms with van der Waals surface area (Å²) in [5.41, 5.74) is 1.88. The molecule has 1 aromatic heterocycles. The number of rotatable bonds is 2. The van der Waals surface area contributed by atoms with Gasteiger partial charge in [0.1, 0.15) is 0 Å². The number of hydrogen-bond donors (Lipinski definition) is 1. The first-order valence-corrected chi connectivity index (χ1v) is 5.44. The lowest BCUT2D eigenvalue weighted by atomic mass is 10.2. The highest BCUT2D eigenvalue weighted by Crippen LogP contribution is 2.27. The summed E-state index contributed by atoms with van der Waals surface area (Å²) in [5, 5.41) is 11.8. The van der Waals surface area contributed by atoms with Crippen LogP contribution < -0.4 is 5.32 Å². The summed E-state index contributed by atoms with van der Waals surface area (Å²) in [7, 11) is 0. The van der Waals surface area contributed by atoms with Crippen LogP contribution in [-0.2, 0) is 0 Å². The van der Waals surface area contributed by atoms with Crippen molar-refractivity contribution in [3.05, 3.63) is 46.1 Å². The molecule has 0 unspecified atom stereocenters. The van der Waals surface area contributed by atoms with Gasteiger partial charge in [0.15, 0.2) is 11.0 Å².